The molecule has 0 bridgehead atoms. The van der Waals surface area contributed by atoms with Crippen LogP contribution in [0.15, 0.2) is 6.20 Å². The van der Waals surface area contributed by atoms with Crippen molar-refractivity contribution in [2.45, 2.75) is 34.1 Å². The van der Waals surface area contributed by atoms with Crippen molar-refractivity contribution in [2.24, 2.45) is 5.73 Å². The molecule has 0 saturated carbocycles. The van der Waals surface area contributed by atoms with Gasteiger partial charge in [-0.2, -0.15) is 0 Å². The molecule has 0 radical (unpaired) electrons. The van der Waals surface area contributed by atoms with Crippen molar-refractivity contribution in [1.82, 2.24) is 4.98 Å². The fourth-order valence-corrected chi connectivity index (χ4v) is 1.31. The summed E-state index contributed by atoms with van der Waals surface area (Å²) in [6, 6.07) is 0. The molecule has 0 amide bonds. The molecule has 0 fully saturated rings. The topological polar surface area (TPSA) is 88.2 Å². The molecule has 0 aromatic carbocycles. The Morgan fingerprint density at radius 2 is 2.06 bits per heavy atom. The first-order valence-corrected chi connectivity index (χ1v) is 6.60. The summed E-state index contributed by atoms with van der Waals surface area (Å²) in [6.07, 6.45) is 2.58. The third-order valence-corrected chi connectivity index (χ3v) is 2.08. The second-order valence-electron chi connectivity index (χ2n) is 2.76. The number of thiazole rings is 1. The third-order valence-electron chi connectivity index (χ3n) is 1.14. The first-order valence-electron chi connectivity index (χ1n) is 5.78. The van der Waals surface area contributed by atoms with Crippen LogP contribution in [0.5, 0.6) is 0 Å². The number of hydrogen-bond acceptors (Lipinski definition) is 5. The van der Waals surface area contributed by atoms with Gasteiger partial charge in [-0.1, -0.05) is 45.5 Å². The van der Waals surface area contributed by atoms with Gasteiger partial charge in [-0.25, -0.2) is 9.78 Å². The van der Waals surface area contributed by atoms with E-state index in [1.165, 1.54) is 12.6 Å². The Morgan fingerprint density at radius 1 is 1.53 bits per heavy atom. The van der Waals surface area contributed by atoms with Crippen LogP contribution in [0.2, 0.25) is 0 Å². The van der Waals surface area contributed by atoms with E-state index in [-0.39, 0.29) is 4.88 Å². The van der Waals surface area contributed by atoms with Crippen LogP contribution in [-0.2, 0) is 0 Å². The maximum absolute atomic E-state index is 10.4. The maximum Gasteiger partial charge on any atom is 0.347 e. The lowest BCUT2D eigenvalue weighted by Gasteiger charge is -1.96. The zero-order chi connectivity index (χ0) is 13.7. The van der Waals surface area contributed by atoms with Crippen LogP contribution in [0.4, 0.5) is 5.13 Å². The summed E-state index contributed by atoms with van der Waals surface area (Å²) in [4.78, 5) is 14.5. The number of nitrogens with one attached hydrogen (secondary N) is 1. The highest BCUT2D eigenvalue weighted by molar-refractivity contribution is 7.17. The molecule has 1 heterocycles. The zero-order valence-electron chi connectivity index (χ0n) is 11.0. The summed E-state index contributed by atoms with van der Waals surface area (Å²) < 4.78 is 0. The molecule has 17 heavy (non-hydrogen) atoms. The Balaban J connectivity index is 0. The summed E-state index contributed by atoms with van der Waals surface area (Å²) in [7, 11) is 0. The lowest BCUT2D eigenvalue weighted by Crippen LogP contribution is -2.12. The van der Waals surface area contributed by atoms with Gasteiger partial charge in [0.15, 0.2) is 5.13 Å². The van der Waals surface area contributed by atoms with Crippen LogP contribution in [0.3, 0.4) is 0 Å². The van der Waals surface area contributed by atoms with E-state index in [2.05, 4.69) is 24.1 Å². The normalized spacial score (nSPS) is 8.29. The van der Waals surface area contributed by atoms with Crippen molar-refractivity contribution >= 4 is 22.4 Å². The third kappa shape index (κ3) is 9.77. The fourth-order valence-electron chi connectivity index (χ4n) is 0.634. The van der Waals surface area contributed by atoms with E-state index in [1.54, 1.807) is 0 Å². The summed E-state index contributed by atoms with van der Waals surface area (Å²) in [6.45, 7) is 9.36. The molecule has 0 aliphatic carbocycles. The summed E-state index contributed by atoms with van der Waals surface area (Å²) >= 11 is 1.10. The van der Waals surface area contributed by atoms with Crippen LogP contribution in [0.1, 0.15) is 43.8 Å². The molecule has 0 aliphatic heterocycles. The Hall–Kier alpha value is -1.14. The molecule has 6 heteroatoms. The van der Waals surface area contributed by atoms with Gasteiger partial charge < -0.3 is 16.2 Å². The number of carboxylic acid groups (broad SMARTS) is 1. The zero-order valence-corrected chi connectivity index (χ0v) is 11.8. The van der Waals surface area contributed by atoms with Gasteiger partial charge in [0, 0.05) is 13.1 Å². The highest BCUT2D eigenvalue weighted by Gasteiger charge is 2.06. The lowest BCUT2D eigenvalue weighted by atomic mass is 10.6. The average molecular weight is 261 g/mol. The standard InChI is InChI=1S/C6H9N3O2S.C3H8.C2H6/c7-1-2-8-6-9-3-4(12-6)5(10)11;1-3-2;1-2/h3H,1-2,7H2,(H,8,9)(H,10,11);3H2,1-2H3;1-2H3. The lowest BCUT2D eigenvalue weighted by molar-refractivity contribution is 0.0702. The molecule has 0 atom stereocenters. The number of nitrogens with zero attached hydrogens (tertiary/aromatic N) is 1. The Bertz CT molecular complexity index is 290. The van der Waals surface area contributed by atoms with Gasteiger partial charge in [-0.05, 0) is 0 Å². The number of carbonyl (C=O) groups is 1. The van der Waals surface area contributed by atoms with Crippen molar-refractivity contribution in [3.05, 3.63) is 11.1 Å². The maximum atomic E-state index is 10.4. The van der Waals surface area contributed by atoms with Crippen LogP contribution < -0.4 is 11.1 Å². The molecule has 5 nitrogen and oxygen atoms in total. The van der Waals surface area contributed by atoms with Gasteiger partial charge in [-0.15, -0.1) is 0 Å². The monoisotopic (exact) mass is 261 g/mol. The quantitative estimate of drug-likeness (QED) is 0.775. The molecule has 1 aromatic heterocycles. The number of nitrogens with two attached hydrogens (primary N) is 1. The molecule has 0 spiro atoms. The highest BCUT2D eigenvalue weighted by atomic mass is 32.1. The molecule has 0 unspecified atom stereocenters. The van der Waals surface area contributed by atoms with Crippen LogP contribution in [0, 0.1) is 0 Å². The molecule has 4 N–H and O–H groups in total. The second-order valence-corrected chi connectivity index (χ2v) is 3.79. The first kappa shape index (κ1) is 18.2. The van der Waals surface area contributed by atoms with E-state index in [4.69, 9.17) is 10.8 Å². The number of carboxylic acids is 1. The number of hydrogen-bond donors (Lipinski definition) is 3. The Kier molecular flexibility index (Phi) is 13.9. The average Bonchev–Trinajstić information content (AvgIpc) is 2.79. The van der Waals surface area contributed by atoms with Gasteiger partial charge in [0.2, 0.25) is 0 Å². The largest absolute Gasteiger partial charge is 0.477 e. The van der Waals surface area contributed by atoms with Crippen molar-refractivity contribution in [2.75, 3.05) is 18.4 Å². The SMILES string of the molecule is CC.CCC.NCCNc1ncc(C(=O)O)s1. The first-order chi connectivity index (χ1) is 8.15. The Labute approximate surface area is 107 Å². The van der Waals surface area contributed by atoms with Crippen LogP contribution in [0.25, 0.3) is 0 Å². The molecule has 100 valence electrons. The van der Waals surface area contributed by atoms with E-state index in [1.807, 2.05) is 13.8 Å². The number of rotatable bonds is 4. The number of aromatic carboxylic acids is 1. The van der Waals surface area contributed by atoms with Crippen LogP contribution >= 0.6 is 11.3 Å². The molecule has 0 saturated heterocycles. The van der Waals surface area contributed by atoms with Gasteiger partial charge in [0.05, 0.1) is 6.20 Å². The van der Waals surface area contributed by atoms with Gasteiger partial charge >= 0.3 is 5.97 Å². The molecular formula is C11H23N3O2S. The Morgan fingerprint density at radius 3 is 2.41 bits per heavy atom. The van der Waals surface area contributed by atoms with E-state index >= 15 is 0 Å². The molecular weight excluding hydrogens is 238 g/mol. The molecule has 1 aromatic rings. The molecule has 0 aliphatic rings. The summed E-state index contributed by atoms with van der Waals surface area (Å²) in [5.41, 5.74) is 5.24. The minimum Gasteiger partial charge on any atom is -0.477 e. The highest BCUT2D eigenvalue weighted by Crippen LogP contribution is 2.16. The fraction of sp³-hybridized carbons (Fsp3) is 0.636. The van der Waals surface area contributed by atoms with Crippen LogP contribution in [-0.4, -0.2) is 29.1 Å². The summed E-state index contributed by atoms with van der Waals surface area (Å²) in [5.74, 6) is -0.951. The van der Waals surface area contributed by atoms with E-state index in [0.29, 0.717) is 18.2 Å². The predicted octanol–water partition coefficient (Wildman–Crippen LogP) is 2.65. The van der Waals surface area contributed by atoms with E-state index < -0.39 is 5.97 Å². The van der Waals surface area contributed by atoms with Crippen molar-refractivity contribution in [3.8, 4) is 0 Å². The van der Waals surface area contributed by atoms with Gasteiger partial charge in [0.1, 0.15) is 4.88 Å². The van der Waals surface area contributed by atoms with E-state index in [9.17, 15) is 4.79 Å². The minimum absolute atomic E-state index is 0.231. The molecule has 1 rings (SSSR count). The smallest absolute Gasteiger partial charge is 0.347 e. The van der Waals surface area contributed by atoms with Crippen molar-refractivity contribution < 1.29 is 9.90 Å². The number of anilines is 1. The second kappa shape index (κ2) is 12.9. The van der Waals surface area contributed by atoms with E-state index in [0.717, 1.165) is 11.3 Å². The van der Waals surface area contributed by atoms with Crippen molar-refractivity contribution in [1.29, 1.82) is 0 Å². The van der Waals surface area contributed by atoms with Gasteiger partial charge in [0.25, 0.3) is 0 Å². The van der Waals surface area contributed by atoms with Crippen molar-refractivity contribution in [3.63, 3.8) is 0 Å². The minimum atomic E-state index is -0.951. The predicted molar refractivity (Wildman–Crippen MR) is 73.9 cm³/mol. The summed E-state index contributed by atoms with van der Waals surface area (Å²) in [5, 5.41) is 12.0. The number of aromatic nitrogens is 1. The van der Waals surface area contributed by atoms with Gasteiger partial charge in [-0.3, -0.25) is 0 Å².